The summed E-state index contributed by atoms with van der Waals surface area (Å²) < 4.78 is 30.1. The van der Waals surface area contributed by atoms with Gasteiger partial charge in [0, 0.05) is 12.6 Å². The van der Waals surface area contributed by atoms with Gasteiger partial charge in [0.1, 0.15) is 11.4 Å². The maximum atomic E-state index is 12.4. The van der Waals surface area contributed by atoms with Gasteiger partial charge in [0.2, 0.25) is 10.0 Å². The molecule has 10 heteroatoms. The fraction of sp³-hybridized carbons (Fsp3) is 0.455. The number of esters is 1. The van der Waals surface area contributed by atoms with E-state index in [0.29, 0.717) is 6.42 Å². The van der Waals surface area contributed by atoms with Crippen molar-refractivity contribution in [2.75, 3.05) is 20.2 Å². The van der Waals surface area contributed by atoms with Crippen LogP contribution in [0.3, 0.4) is 0 Å². The van der Waals surface area contributed by atoms with E-state index < -0.39 is 33.3 Å². The number of ether oxygens (including phenoxy) is 1. The highest BCUT2D eigenvalue weighted by atomic mass is 32.2. The number of nitro groups is 1. The van der Waals surface area contributed by atoms with Gasteiger partial charge in [0.05, 0.1) is 7.11 Å². The van der Waals surface area contributed by atoms with Crippen LogP contribution in [0.25, 0.3) is 0 Å². The highest BCUT2D eigenvalue weighted by Crippen LogP contribution is 2.17. The minimum Gasteiger partial charge on any atom is -0.468 e. The van der Waals surface area contributed by atoms with E-state index in [9.17, 15) is 23.3 Å². The van der Waals surface area contributed by atoms with E-state index in [4.69, 9.17) is 0 Å². The van der Waals surface area contributed by atoms with Crippen molar-refractivity contribution in [3.8, 4) is 0 Å². The number of aromatic nitrogens is 1. The number of hydrogen-bond donors (Lipinski definition) is 0. The number of carbonyl (C=O) groups is 1. The normalized spacial score (nSPS) is 11.4. The van der Waals surface area contributed by atoms with Gasteiger partial charge in [-0.15, -0.1) is 0 Å². The fourth-order valence-electron chi connectivity index (χ4n) is 1.52. The monoisotopic (exact) mass is 317 g/mol. The molecule has 0 aliphatic rings. The quantitative estimate of drug-likeness (QED) is 0.409. The SMILES string of the molecule is CCCN(CC(=O)OC)S(=O)(=O)c1ccc([N+](=O)[O-])nc1. The van der Waals surface area contributed by atoms with E-state index in [-0.39, 0.29) is 11.4 Å². The van der Waals surface area contributed by atoms with E-state index >= 15 is 0 Å². The molecule has 116 valence electrons. The molecule has 0 N–H and O–H groups in total. The molecule has 1 aromatic heterocycles. The highest BCUT2D eigenvalue weighted by molar-refractivity contribution is 7.89. The lowest BCUT2D eigenvalue weighted by atomic mass is 10.5. The highest BCUT2D eigenvalue weighted by Gasteiger charge is 2.28. The molecule has 0 amide bonds. The van der Waals surface area contributed by atoms with Crippen LogP contribution in [0.4, 0.5) is 5.82 Å². The Kier molecular flexibility index (Phi) is 5.73. The zero-order valence-electron chi connectivity index (χ0n) is 11.6. The van der Waals surface area contributed by atoms with Crippen molar-refractivity contribution < 1.29 is 22.9 Å². The largest absolute Gasteiger partial charge is 0.468 e. The van der Waals surface area contributed by atoms with Gasteiger partial charge < -0.3 is 14.9 Å². The van der Waals surface area contributed by atoms with Crippen molar-refractivity contribution in [1.29, 1.82) is 0 Å². The molecule has 0 aromatic carbocycles. The summed E-state index contributed by atoms with van der Waals surface area (Å²) in [5, 5.41) is 10.5. The van der Waals surface area contributed by atoms with Gasteiger partial charge in [-0.3, -0.25) is 4.79 Å². The van der Waals surface area contributed by atoms with E-state index in [0.717, 1.165) is 29.7 Å². The topological polar surface area (TPSA) is 120 Å². The van der Waals surface area contributed by atoms with Crippen LogP contribution in [-0.2, 0) is 19.6 Å². The van der Waals surface area contributed by atoms with Gasteiger partial charge >= 0.3 is 11.8 Å². The Hall–Kier alpha value is -2.07. The zero-order valence-corrected chi connectivity index (χ0v) is 12.4. The molecular formula is C11H15N3O6S. The summed E-state index contributed by atoms with van der Waals surface area (Å²) in [6.45, 7) is 1.45. The second-order valence-corrected chi connectivity index (χ2v) is 5.96. The molecule has 0 saturated carbocycles. The molecule has 1 heterocycles. The lowest BCUT2D eigenvalue weighted by Crippen LogP contribution is -2.36. The van der Waals surface area contributed by atoms with E-state index in [1.165, 1.54) is 0 Å². The van der Waals surface area contributed by atoms with E-state index in [1.807, 2.05) is 0 Å². The van der Waals surface area contributed by atoms with Crippen molar-refractivity contribution in [1.82, 2.24) is 9.29 Å². The molecular weight excluding hydrogens is 302 g/mol. The molecule has 0 saturated heterocycles. The maximum absolute atomic E-state index is 12.4. The number of pyridine rings is 1. The van der Waals surface area contributed by atoms with E-state index in [1.54, 1.807) is 6.92 Å². The molecule has 0 atom stereocenters. The van der Waals surface area contributed by atoms with Crippen molar-refractivity contribution in [2.45, 2.75) is 18.2 Å². The van der Waals surface area contributed by atoms with Crippen molar-refractivity contribution >= 4 is 21.8 Å². The molecule has 21 heavy (non-hydrogen) atoms. The summed E-state index contributed by atoms with van der Waals surface area (Å²) in [4.78, 5) is 24.3. The molecule has 1 aromatic rings. The second-order valence-electron chi connectivity index (χ2n) is 4.02. The molecule has 0 fully saturated rings. The van der Waals surface area contributed by atoms with Crippen LogP contribution in [0, 0.1) is 10.1 Å². The Morgan fingerprint density at radius 1 is 1.48 bits per heavy atom. The Labute approximate surface area is 121 Å². The van der Waals surface area contributed by atoms with Gasteiger partial charge in [-0.05, 0) is 22.4 Å². The Balaban J connectivity index is 3.09. The van der Waals surface area contributed by atoms with Crippen LogP contribution in [0.15, 0.2) is 23.2 Å². The van der Waals surface area contributed by atoms with Crippen molar-refractivity contribution in [3.63, 3.8) is 0 Å². The zero-order chi connectivity index (χ0) is 16.0. The Bertz CT molecular complexity index is 613. The lowest BCUT2D eigenvalue weighted by Gasteiger charge is -2.19. The summed E-state index contributed by atoms with van der Waals surface area (Å²) in [5.74, 6) is -1.15. The maximum Gasteiger partial charge on any atom is 0.363 e. The van der Waals surface area contributed by atoms with Crippen LogP contribution in [0.5, 0.6) is 0 Å². The standard InChI is InChI=1S/C11H15N3O6S/c1-3-6-13(8-11(15)20-2)21(18,19)9-4-5-10(12-7-9)14(16)17/h4-5,7H,3,6,8H2,1-2H3. The fourth-order valence-corrected chi connectivity index (χ4v) is 2.95. The summed E-state index contributed by atoms with van der Waals surface area (Å²) in [5.41, 5.74) is 0. The Morgan fingerprint density at radius 3 is 2.57 bits per heavy atom. The van der Waals surface area contributed by atoms with Crippen molar-refractivity contribution in [2.24, 2.45) is 0 Å². The number of nitrogens with zero attached hydrogens (tertiary/aromatic N) is 3. The first-order chi connectivity index (χ1) is 9.82. The van der Waals surface area contributed by atoms with Gasteiger partial charge in [-0.25, -0.2) is 8.42 Å². The summed E-state index contributed by atoms with van der Waals surface area (Å²) in [6.07, 6.45) is 1.39. The number of carbonyl (C=O) groups excluding carboxylic acids is 1. The average molecular weight is 317 g/mol. The molecule has 0 aliphatic carbocycles. The first-order valence-electron chi connectivity index (χ1n) is 6.00. The van der Waals surface area contributed by atoms with Crippen LogP contribution in [0.2, 0.25) is 0 Å². The van der Waals surface area contributed by atoms with Crippen LogP contribution < -0.4 is 0 Å². The first-order valence-corrected chi connectivity index (χ1v) is 7.44. The number of methoxy groups -OCH3 is 1. The third-order valence-electron chi connectivity index (χ3n) is 2.55. The van der Waals surface area contributed by atoms with Crippen LogP contribution >= 0.6 is 0 Å². The van der Waals surface area contributed by atoms with Gasteiger partial charge in [0.25, 0.3) is 0 Å². The van der Waals surface area contributed by atoms with Gasteiger partial charge in [-0.2, -0.15) is 4.31 Å². The first kappa shape index (κ1) is 17.0. The van der Waals surface area contributed by atoms with Crippen LogP contribution in [0.1, 0.15) is 13.3 Å². The summed E-state index contributed by atoms with van der Waals surface area (Å²) >= 11 is 0. The minimum absolute atomic E-state index is 0.119. The predicted octanol–water partition coefficient (Wildman–Crippen LogP) is 0.563. The molecule has 0 unspecified atom stereocenters. The lowest BCUT2D eigenvalue weighted by molar-refractivity contribution is -0.389. The molecule has 0 bridgehead atoms. The molecule has 9 nitrogen and oxygen atoms in total. The number of hydrogen-bond acceptors (Lipinski definition) is 7. The molecule has 1 rings (SSSR count). The van der Waals surface area contributed by atoms with Gasteiger partial charge in [-0.1, -0.05) is 6.92 Å². The second kappa shape index (κ2) is 7.09. The molecule has 0 radical (unpaired) electrons. The smallest absolute Gasteiger partial charge is 0.363 e. The molecule has 0 spiro atoms. The van der Waals surface area contributed by atoms with Crippen molar-refractivity contribution in [3.05, 3.63) is 28.4 Å². The van der Waals surface area contributed by atoms with Gasteiger partial charge in [0.15, 0.2) is 6.20 Å². The summed E-state index contributed by atoms with van der Waals surface area (Å²) in [6, 6.07) is 2.08. The van der Waals surface area contributed by atoms with Crippen LogP contribution in [-0.4, -0.2) is 48.8 Å². The number of sulfonamides is 1. The summed E-state index contributed by atoms with van der Waals surface area (Å²) in [7, 11) is -2.80. The average Bonchev–Trinajstić information content (AvgIpc) is 2.46. The number of rotatable bonds is 7. The molecule has 0 aliphatic heterocycles. The third-order valence-corrected chi connectivity index (χ3v) is 4.38. The van der Waals surface area contributed by atoms with E-state index in [2.05, 4.69) is 9.72 Å². The predicted molar refractivity (Wildman–Crippen MR) is 72.0 cm³/mol. The Morgan fingerprint density at radius 2 is 2.14 bits per heavy atom. The minimum atomic E-state index is -3.96. The third kappa shape index (κ3) is 4.20.